The Bertz CT molecular complexity index is 628. The molecule has 1 N–H and O–H groups in total. The molecule has 2 rings (SSSR count). The number of hydrogen-bond acceptors (Lipinski definition) is 4. The first kappa shape index (κ1) is 19.3. The first-order valence-corrected chi connectivity index (χ1v) is 9.13. The third-order valence-electron chi connectivity index (χ3n) is 4.35. The lowest BCUT2D eigenvalue weighted by Gasteiger charge is -2.28. The summed E-state index contributed by atoms with van der Waals surface area (Å²) in [5.41, 5.74) is 0.157. The summed E-state index contributed by atoms with van der Waals surface area (Å²) in [5.74, 6) is 0.898. The molecule has 0 heterocycles. The van der Waals surface area contributed by atoms with Crippen molar-refractivity contribution in [3.63, 3.8) is 0 Å². The molecular formula is C20H28N2O3. The number of carbonyl (C=O) groups is 1. The lowest BCUT2D eigenvalue weighted by molar-refractivity contribution is -0.140. The molecule has 1 aliphatic carbocycles. The molecule has 1 aromatic carbocycles. The van der Waals surface area contributed by atoms with Crippen LogP contribution in [0.1, 0.15) is 58.4 Å². The number of nitrogens with one attached hydrogen (secondary N) is 1. The van der Waals surface area contributed by atoms with Gasteiger partial charge in [-0.3, -0.25) is 4.79 Å². The molecule has 1 fully saturated rings. The van der Waals surface area contributed by atoms with Crippen molar-refractivity contribution in [2.24, 2.45) is 5.92 Å². The molecule has 1 aromatic rings. The number of nitriles is 1. The Balaban J connectivity index is 2.12. The van der Waals surface area contributed by atoms with Gasteiger partial charge in [-0.1, -0.05) is 20.8 Å². The summed E-state index contributed by atoms with van der Waals surface area (Å²) in [7, 11) is 0. The lowest BCUT2D eigenvalue weighted by Crippen LogP contribution is -2.43. The Morgan fingerprint density at radius 2 is 2.08 bits per heavy atom. The second kappa shape index (κ2) is 8.87. The first-order chi connectivity index (χ1) is 12.0. The van der Waals surface area contributed by atoms with E-state index in [2.05, 4.69) is 25.2 Å². The summed E-state index contributed by atoms with van der Waals surface area (Å²) in [4.78, 5) is 12.8. The minimum atomic E-state index is -0.754. The zero-order valence-corrected chi connectivity index (χ0v) is 15.4. The van der Waals surface area contributed by atoms with Crippen LogP contribution in [0.2, 0.25) is 0 Å². The quantitative estimate of drug-likeness (QED) is 0.764. The Hall–Kier alpha value is -2.06. The Morgan fingerprint density at radius 3 is 2.68 bits per heavy atom. The van der Waals surface area contributed by atoms with Gasteiger partial charge >= 0.3 is 0 Å². The number of carbonyl (C=O) groups excluding carboxylic acids is 1. The lowest BCUT2D eigenvalue weighted by atomic mass is 10.00. The van der Waals surface area contributed by atoms with Gasteiger partial charge in [0.05, 0.1) is 17.9 Å². The maximum Gasteiger partial charge on any atom is 0.256 e. The van der Waals surface area contributed by atoms with Gasteiger partial charge in [-0.15, -0.1) is 0 Å². The van der Waals surface area contributed by atoms with Crippen LogP contribution in [-0.4, -0.2) is 24.7 Å². The molecule has 136 valence electrons. The fourth-order valence-electron chi connectivity index (χ4n) is 2.99. The first-order valence-electron chi connectivity index (χ1n) is 9.13. The number of amides is 1. The fraction of sp³-hybridized carbons (Fsp3) is 0.600. The smallest absolute Gasteiger partial charge is 0.256 e. The van der Waals surface area contributed by atoms with Crippen LogP contribution in [0.15, 0.2) is 18.2 Å². The molecule has 1 amide bonds. The van der Waals surface area contributed by atoms with E-state index in [0.29, 0.717) is 36.1 Å². The van der Waals surface area contributed by atoms with Crippen LogP contribution in [0.25, 0.3) is 0 Å². The molecule has 0 saturated heterocycles. The molecule has 5 heteroatoms. The van der Waals surface area contributed by atoms with E-state index in [1.165, 1.54) is 0 Å². The number of benzene rings is 1. The van der Waals surface area contributed by atoms with Crippen molar-refractivity contribution in [2.75, 3.05) is 18.5 Å². The minimum Gasteiger partial charge on any atom is -0.493 e. The van der Waals surface area contributed by atoms with Gasteiger partial charge in [0.15, 0.2) is 0 Å². The van der Waals surface area contributed by atoms with Crippen LogP contribution in [0, 0.1) is 17.2 Å². The SMILES string of the molecule is CCCOC1(C(=O)Nc2ccc(OCC(C)C)cc2C#N)CCCC1. The van der Waals surface area contributed by atoms with Crippen molar-refractivity contribution in [2.45, 2.75) is 58.5 Å². The molecule has 25 heavy (non-hydrogen) atoms. The van der Waals surface area contributed by atoms with Gasteiger partial charge in [-0.05, 0) is 56.2 Å². The third kappa shape index (κ3) is 4.96. The number of anilines is 1. The average molecular weight is 344 g/mol. The van der Waals surface area contributed by atoms with Crippen LogP contribution in [0.5, 0.6) is 5.75 Å². The van der Waals surface area contributed by atoms with Crippen LogP contribution in [0.4, 0.5) is 5.69 Å². The van der Waals surface area contributed by atoms with Gasteiger partial charge < -0.3 is 14.8 Å². The summed E-state index contributed by atoms with van der Waals surface area (Å²) in [6, 6.07) is 7.33. The molecular weight excluding hydrogens is 316 g/mol. The minimum absolute atomic E-state index is 0.147. The van der Waals surface area contributed by atoms with Gasteiger partial charge in [0.2, 0.25) is 0 Å². The van der Waals surface area contributed by atoms with Gasteiger partial charge in [0, 0.05) is 6.61 Å². The van der Waals surface area contributed by atoms with Crippen LogP contribution >= 0.6 is 0 Å². The summed E-state index contributed by atoms with van der Waals surface area (Å²) >= 11 is 0. The summed E-state index contributed by atoms with van der Waals surface area (Å²) in [6.07, 6.45) is 4.32. The summed E-state index contributed by atoms with van der Waals surface area (Å²) < 4.78 is 11.6. The zero-order chi connectivity index (χ0) is 18.3. The normalized spacial score (nSPS) is 15.8. The molecule has 5 nitrogen and oxygen atoms in total. The second-order valence-corrected chi connectivity index (χ2v) is 7.03. The highest BCUT2D eigenvalue weighted by atomic mass is 16.5. The van der Waals surface area contributed by atoms with Crippen molar-refractivity contribution in [3.05, 3.63) is 23.8 Å². The molecule has 0 aliphatic heterocycles. The van der Waals surface area contributed by atoms with E-state index in [9.17, 15) is 10.1 Å². The highest BCUT2D eigenvalue weighted by Crippen LogP contribution is 2.35. The van der Waals surface area contributed by atoms with Crippen molar-refractivity contribution >= 4 is 11.6 Å². The standard InChI is InChI=1S/C20H28N2O3/c1-4-11-25-20(9-5-6-10-20)19(23)22-18-8-7-17(12-16(18)13-21)24-14-15(2)3/h7-8,12,15H,4-6,9-11,14H2,1-3H3,(H,22,23). The highest BCUT2D eigenvalue weighted by molar-refractivity contribution is 5.98. The van der Waals surface area contributed by atoms with E-state index in [1.807, 2.05) is 6.92 Å². The maximum absolute atomic E-state index is 12.8. The van der Waals surface area contributed by atoms with Crippen LogP contribution < -0.4 is 10.1 Å². The molecule has 0 aromatic heterocycles. The highest BCUT2D eigenvalue weighted by Gasteiger charge is 2.42. The predicted octanol–water partition coefficient (Wildman–Crippen LogP) is 4.27. The van der Waals surface area contributed by atoms with E-state index >= 15 is 0 Å². The zero-order valence-electron chi connectivity index (χ0n) is 15.4. The number of hydrogen-bond donors (Lipinski definition) is 1. The molecule has 0 bridgehead atoms. The van der Waals surface area contributed by atoms with Crippen LogP contribution in [0.3, 0.4) is 0 Å². The molecule has 0 spiro atoms. The van der Waals surface area contributed by atoms with Gasteiger partial charge in [-0.25, -0.2) is 0 Å². The average Bonchev–Trinajstić information content (AvgIpc) is 3.09. The molecule has 0 radical (unpaired) electrons. The van der Waals surface area contributed by atoms with Crippen LogP contribution in [-0.2, 0) is 9.53 Å². The Labute approximate surface area is 150 Å². The monoisotopic (exact) mass is 344 g/mol. The molecule has 1 saturated carbocycles. The van der Waals surface area contributed by atoms with Crippen molar-refractivity contribution < 1.29 is 14.3 Å². The number of rotatable bonds is 8. The maximum atomic E-state index is 12.8. The molecule has 1 aliphatic rings. The van der Waals surface area contributed by atoms with E-state index in [0.717, 1.165) is 32.1 Å². The third-order valence-corrected chi connectivity index (χ3v) is 4.35. The van der Waals surface area contributed by atoms with Crippen molar-refractivity contribution in [1.29, 1.82) is 5.26 Å². The number of ether oxygens (including phenoxy) is 2. The van der Waals surface area contributed by atoms with Gasteiger partial charge in [0.1, 0.15) is 17.4 Å². The van der Waals surface area contributed by atoms with E-state index in [1.54, 1.807) is 18.2 Å². The Kier molecular flexibility index (Phi) is 6.83. The molecule has 0 unspecified atom stereocenters. The van der Waals surface area contributed by atoms with E-state index in [4.69, 9.17) is 9.47 Å². The van der Waals surface area contributed by atoms with Gasteiger partial charge in [0.25, 0.3) is 5.91 Å². The topological polar surface area (TPSA) is 71.3 Å². The second-order valence-electron chi connectivity index (χ2n) is 7.03. The van der Waals surface area contributed by atoms with E-state index in [-0.39, 0.29) is 5.91 Å². The predicted molar refractivity (Wildman–Crippen MR) is 97.6 cm³/mol. The van der Waals surface area contributed by atoms with E-state index < -0.39 is 5.60 Å². The molecule has 0 atom stereocenters. The van der Waals surface area contributed by atoms with Crippen molar-refractivity contribution in [3.8, 4) is 11.8 Å². The fourth-order valence-corrected chi connectivity index (χ4v) is 2.99. The summed E-state index contributed by atoms with van der Waals surface area (Å²) in [6.45, 7) is 7.32. The largest absolute Gasteiger partial charge is 0.493 e. The number of nitrogens with zero attached hydrogens (tertiary/aromatic N) is 1. The summed E-state index contributed by atoms with van der Waals surface area (Å²) in [5, 5.41) is 12.3. The van der Waals surface area contributed by atoms with Gasteiger partial charge in [-0.2, -0.15) is 5.26 Å². The Morgan fingerprint density at radius 1 is 1.36 bits per heavy atom. The van der Waals surface area contributed by atoms with Crippen molar-refractivity contribution in [1.82, 2.24) is 0 Å².